The molecule has 0 atom stereocenters. The van der Waals surface area contributed by atoms with Gasteiger partial charge in [0.15, 0.2) is 0 Å². The summed E-state index contributed by atoms with van der Waals surface area (Å²) in [5.74, 6) is -0.448. The minimum atomic E-state index is -1.16. The Hall–Kier alpha value is -1.56. The molecule has 0 fully saturated rings. The molecule has 104 valence electrons. The number of amides is 1. The van der Waals surface area contributed by atoms with Crippen LogP contribution < -0.4 is 5.32 Å². The number of carboxylic acid groups (broad SMARTS) is 1. The van der Waals surface area contributed by atoms with Gasteiger partial charge < -0.3 is 9.84 Å². The van der Waals surface area contributed by atoms with Crippen LogP contribution in [0.2, 0.25) is 0 Å². The summed E-state index contributed by atoms with van der Waals surface area (Å²) in [5.41, 5.74) is 0.753. The summed E-state index contributed by atoms with van der Waals surface area (Å²) in [4.78, 5) is 24.1. The zero-order valence-electron chi connectivity index (χ0n) is 11.2. The largest absolute Gasteiger partial charge is 0.465 e. The third kappa shape index (κ3) is 3.07. The van der Waals surface area contributed by atoms with Crippen LogP contribution in [0.15, 0.2) is 0 Å². The first-order chi connectivity index (χ1) is 8.78. The van der Waals surface area contributed by atoms with Crippen molar-refractivity contribution >= 4 is 28.4 Å². The fraction of sp³-hybridized carbons (Fsp3) is 0.538. The number of fused-ring (bicyclic) bond motifs is 1. The van der Waals surface area contributed by atoms with Crippen molar-refractivity contribution in [2.75, 3.05) is 5.32 Å². The lowest BCUT2D eigenvalue weighted by Gasteiger charge is -2.20. The Kier molecular flexibility index (Phi) is 3.54. The number of esters is 1. The molecule has 6 heteroatoms. The van der Waals surface area contributed by atoms with Crippen molar-refractivity contribution in [3.63, 3.8) is 0 Å². The number of anilines is 1. The van der Waals surface area contributed by atoms with Gasteiger partial charge in [0.2, 0.25) is 0 Å². The van der Waals surface area contributed by atoms with Gasteiger partial charge in [-0.15, -0.1) is 11.3 Å². The third-order valence-electron chi connectivity index (χ3n) is 2.74. The molecule has 0 spiro atoms. The van der Waals surface area contributed by atoms with Crippen molar-refractivity contribution in [1.82, 2.24) is 0 Å². The zero-order chi connectivity index (χ0) is 14.2. The highest BCUT2D eigenvalue weighted by Gasteiger charge is 2.30. The number of rotatable bonds is 2. The van der Waals surface area contributed by atoms with E-state index in [4.69, 9.17) is 9.84 Å². The molecule has 1 heterocycles. The quantitative estimate of drug-likeness (QED) is 0.817. The van der Waals surface area contributed by atoms with Gasteiger partial charge in [-0.05, 0) is 45.6 Å². The first-order valence-electron chi connectivity index (χ1n) is 6.16. The average molecular weight is 283 g/mol. The van der Waals surface area contributed by atoms with Crippen LogP contribution >= 0.6 is 11.3 Å². The lowest BCUT2D eigenvalue weighted by molar-refractivity contribution is 0.00702. The van der Waals surface area contributed by atoms with Crippen LogP contribution in [0.3, 0.4) is 0 Å². The third-order valence-corrected chi connectivity index (χ3v) is 3.95. The van der Waals surface area contributed by atoms with Crippen LogP contribution in [0.5, 0.6) is 0 Å². The number of aryl methyl sites for hydroxylation is 1. The van der Waals surface area contributed by atoms with Gasteiger partial charge in [0.05, 0.1) is 5.56 Å². The van der Waals surface area contributed by atoms with Gasteiger partial charge in [-0.1, -0.05) is 0 Å². The minimum absolute atomic E-state index is 0.381. The van der Waals surface area contributed by atoms with Crippen molar-refractivity contribution in [2.45, 2.75) is 45.6 Å². The second-order valence-corrected chi connectivity index (χ2v) is 6.60. The van der Waals surface area contributed by atoms with Crippen LogP contribution in [-0.4, -0.2) is 22.8 Å². The Bertz CT molecular complexity index is 527. The molecule has 0 unspecified atom stereocenters. The molecule has 1 aliphatic rings. The Balaban J connectivity index is 2.36. The highest BCUT2D eigenvalue weighted by molar-refractivity contribution is 7.17. The van der Waals surface area contributed by atoms with Crippen molar-refractivity contribution in [3.05, 3.63) is 16.0 Å². The fourth-order valence-electron chi connectivity index (χ4n) is 2.13. The van der Waals surface area contributed by atoms with Gasteiger partial charge in [-0.25, -0.2) is 9.59 Å². The molecule has 0 saturated heterocycles. The van der Waals surface area contributed by atoms with Gasteiger partial charge in [-0.3, -0.25) is 5.32 Å². The number of ether oxygens (including phenoxy) is 1. The monoisotopic (exact) mass is 283 g/mol. The summed E-state index contributed by atoms with van der Waals surface area (Å²) >= 11 is 1.34. The van der Waals surface area contributed by atoms with Crippen LogP contribution in [0, 0.1) is 0 Å². The van der Waals surface area contributed by atoms with Gasteiger partial charge in [0.25, 0.3) is 0 Å². The summed E-state index contributed by atoms with van der Waals surface area (Å²) in [6.45, 7) is 5.38. The second kappa shape index (κ2) is 4.85. The lowest BCUT2D eigenvalue weighted by Crippen LogP contribution is -2.25. The number of hydrogen-bond donors (Lipinski definition) is 2. The van der Waals surface area contributed by atoms with E-state index >= 15 is 0 Å². The molecule has 2 N–H and O–H groups in total. The van der Waals surface area contributed by atoms with Crippen LogP contribution in [0.1, 0.15) is 48.0 Å². The molecule has 1 aromatic heterocycles. The Morgan fingerprint density at radius 1 is 1.32 bits per heavy atom. The maximum absolute atomic E-state index is 12.2. The highest BCUT2D eigenvalue weighted by Crippen LogP contribution is 2.39. The van der Waals surface area contributed by atoms with E-state index in [-0.39, 0.29) is 0 Å². The second-order valence-electron chi connectivity index (χ2n) is 5.49. The summed E-state index contributed by atoms with van der Waals surface area (Å²) in [5, 5.41) is 11.5. The van der Waals surface area contributed by atoms with E-state index in [1.165, 1.54) is 11.3 Å². The van der Waals surface area contributed by atoms with E-state index in [0.717, 1.165) is 29.7 Å². The molecule has 5 nitrogen and oxygen atoms in total. The molecular weight excluding hydrogens is 266 g/mol. The van der Waals surface area contributed by atoms with Crippen LogP contribution in [0.25, 0.3) is 0 Å². The molecule has 0 bridgehead atoms. The van der Waals surface area contributed by atoms with Crippen molar-refractivity contribution < 1.29 is 19.4 Å². The number of carbonyl (C=O) groups is 2. The number of nitrogens with one attached hydrogen (secondary N) is 1. The van der Waals surface area contributed by atoms with Crippen molar-refractivity contribution in [3.8, 4) is 0 Å². The lowest BCUT2D eigenvalue weighted by atomic mass is 10.1. The van der Waals surface area contributed by atoms with E-state index in [2.05, 4.69) is 5.32 Å². The molecule has 2 rings (SSSR count). The maximum atomic E-state index is 12.2. The number of thiophene rings is 1. The smallest absolute Gasteiger partial charge is 0.409 e. The Labute approximate surface area is 115 Å². The summed E-state index contributed by atoms with van der Waals surface area (Å²) < 4.78 is 5.36. The number of carbonyl (C=O) groups excluding carboxylic acids is 1. The topological polar surface area (TPSA) is 75.6 Å². The van der Waals surface area contributed by atoms with Crippen LogP contribution in [-0.2, 0) is 17.6 Å². The summed E-state index contributed by atoms with van der Waals surface area (Å²) in [6, 6.07) is 0. The SMILES string of the molecule is CC(C)(C)OC(=O)c1c(NC(=O)O)sc2c1CCC2. The van der Waals surface area contributed by atoms with Crippen LogP contribution in [0.4, 0.5) is 9.80 Å². The Morgan fingerprint density at radius 3 is 2.58 bits per heavy atom. The number of hydrogen-bond acceptors (Lipinski definition) is 4. The molecule has 0 aromatic carbocycles. The van der Waals surface area contributed by atoms with E-state index in [9.17, 15) is 9.59 Å². The van der Waals surface area contributed by atoms with Crippen molar-refractivity contribution in [2.24, 2.45) is 0 Å². The maximum Gasteiger partial charge on any atom is 0.409 e. The summed E-state index contributed by atoms with van der Waals surface area (Å²) in [7, 11) is 0. The fourth-order valence-corrected chi connectivity index (χ4v) is 3.40. The minimum Gasteiger partial charge on any atom is -0.465 e. The van der Waals surface area contributed by atoms with E-state index in [1.54, 1.807) is 20.8 Å². The van der Waals surface area contributed by atoms with E-state index < -0.39 is 17.7 Å². The normalized spacial score (nSPS) is 14.1. The molecule has 0 aliphatic heterocycles. The Morgan fingerprint density at radius 2 is 2.00 bits per heavy atom. The highest BCUT2D eigenvalue weighted by atomic mass is 32.1. The van der Waals surface area contributed by atoms with E-state index in [1.807, 2.05) is 0 Å². The predicted octanol–water partition coefficient (Wildman–Crippen LogP) is 3.28. The van der Waals surface area contributed by atoms with Gasteiger partial charge in [-0.2, -0.15) is 0 Å². The van der Waals surface area contributed by atoms with Crippen molar-refractivity contribution in [1.29, 1.82) is 0 Å². The van der Waals surface area contributed by atoms with Gasteiger partial charge >= 0.3 is 12.1 Å². The van der Waals surface area contributed by atoms with E-state index in [0.29, 0.717) is 10.6 Å². The average Bonchev–Trinajstić information content (AvgIpc) is 2.72. The standard InChI is InChI=1S/C13H17NO4S/c1-13(2,3)18-11(15)9-7-5-4-6-8(7)19-10(9)14-12(16)17/h14H,4-6H2,1-3H3,(H,16,17). The predicted molar refractivity (Wildman–Crippen MR) is 73.2 cm³/mol. The van der Waals surface area contributed by atoms with Gasteiger partial charge in [0, 0.05) is 4.88 Å². The first kappa shape index (κ1) is 13.9. The molecule has 19 heavy (non-hydrogen) atoms. The summed E-state index contributed by atoms with van der Waals surface area (Å²) in [6.07, 6.45) is 1.55. The molecule has 0 saturated carbocycles. The van der Waals surface area contributed by atoms with Gasteiger partial charge in [0.1, 0.15) is 10.6 Å². The zero-order valence-corrected chi connectivity index (χ0v) is 12.0. The molecular formula is C13H17NO4S. The molecule has 0 radical (unpaired) electrons. The molecule has 1 aromatic rings. The molecule has 1 amide bonds. The molecule has 1 aliphatic carbocycles. The first-order valence-corrected chi connectivity index (χ1v) is 6.97.